The molecule has 0 atom stereocenters. The van der Waals surface area contributed by atoms with Crippen molar-refractivity contribution in [3.63, 3.8) is 0 Å². The number of carbonyl (C=O) groups is 3. The molecular formula is C25H28N2O4. The molecule has 0 saturated carbocycles. The van der Waals surface area contributed by atoms with Gasteiger partial charge in [0.1, 0.15) is 11.4 Å². The third kappa shape index (κ3) is 4.48. The maximum absolute atomic E-state index is 12.7. The Morgan fingerprint density at radius 3 is 2.52 bits per heavy atom. The smallest absolute Gasteiger partial charge is 0.255 e. The Hall–Kier alpha value is -3.15. The van der Waals surface area contributed by atoms with Gasteiger partial charge in [-0.3, -0.25) is 14.4 Å². The normalized spacial score (nSPS) is 17.4. The molecule has 1 saturated heterocycles. The van der Waals surface area contributed by atoms with Crippen LogP contribution in [0.4, 0.5) is 0 Å². The summed E-state index contributed by atoms with van der Waals surface area (Å²) >= 11 is 0. The SMILES string of the molecule is Cc1ccc(C(=O)CCC(=O)N2CCC3(CC2)CNC(=O)c2ccccc2O3)cc1C. The second-order valence-corrected chi connectivity index (χ2v) is 8.57. The summed E-state index contributed by atoms with van der Waals surface area (Å²) in [6.45, 7) is 5.52. The van der Waals surface area contributed by atoms with Crippen molar-refractivity contribution >= 4 is 17.6 Å². The zero-order valence-electron chi connectivity index (χ0n) is 18.1. The number of aryl methyl sites for hydroxylation is 2. The van der Waals surface area contributed by atoms with E-state index in [1.165, 1.54) is 0 Å². The number of likely N-dealkylation sites (tertiary alicyclic amines) is 1. The van der Waals surface area contributed by atoms with E-state index < -0.39 is 5.60 Å². The van der Waals surface area contributed by atoms with E-state index in [1.54, 1.807) is 11.0 Å². The Kier molecular flexibility index (Phi) is 5.81. The van der Waals surface area contributed by atoms with Gasteiger partial charge in [0.05, 0.1) is 12.1 Å². The number of para-hydroxylation sites is 1. The Morgan fingerprint density at radius 2 is 1.77 bits per heavy atom. The molecule has 2 aliphatic heterocycles. The second kappa shape index (κ2) is 8.53. The number of rotatable bonds is 4. The molecule has 31 heavy (non-hydrogen) atoms. The predicted octanol–water partition coefficient (Wildman–Crippen LogP) is 3.45. The summed E-state index contributed by atoms with van der Waals surface area (Å²) in [5.74, 6) is 0.452. The van der Waals surface area contributed by atoms with Crippen molar-refractivity contribution in [3.8, 4) is 5.75 Å². The first-order valence-electron chi connectivity index (χ1n) is 10.8. The molecule has 2 heterocycles. The van der Waals surface area contributed by atoms with Gasteiger partial charge in [-0.25, -0.2) is 0 Å². The first-order valence-corrected chi connectivity index (χ1v) is 10.8. The highest BCUT2D eigenvalue weighted by molar-refractivity contribution is 5.98. The fraction of sp³-hybridized carbons (Fsp3) is 0.400. The summed E-state index contributed by atoms with van der Waals surface area (Å²) in [5, 5.41) is 2.96. The van der Waals surface area contributed by atoms with Crippen LogP contribution in [-0.2, 0) is 4.79 Å². The van der Waals surface area contributed by atoms with Gasteiger partial charge in [0.25, 0.3) is 5.91 Å². The van der Waals surface area contributed by atoms with Crippen molar-refractivity contribution < 1.29 is 19.1 Å². The van der Waals surface area contributed by atoms with Gasteiger partial charge in [-0.1, -0.05) is 24.3 Å². The predicted molar refractivity (Wildman–Crippen MR) is 117 cm³/mol. The third-order valence-electron chi connectivity index (χ3n) is 6.45. The van der Waals surface area contributed by atoms with Crippen LogP contribution < -0.4 is 10.1 Å². The van der Waals surface area contributed by atoms with E-state index in [0.29, 0.717) is 49.4 Å². The molecule has 4 rings (SSSR count). The van der Waals surface area contributed by atoms with Gasteiger partial charge in [0.2, 0.25) is 5.91 Å². The lowest BCUT2D eigenvalue weighted by molar-refractivity contribution is -0.134. The molecule has 162 valence electrons. The van der Waals surface area contributed by atoms with E-state index in [2.05, 4.69) is 5.32 Å². The number of benzene rings is 2. The number of ketones is 1. The van der Waals surface area contributed by atoms with E-state index >= 15 is 0 Å². The van der Waals surface area contributed by atoms with E-state index in [4.69, 9.17) is 4.74 Å². The number of piperidine rings is 1. The minimum absolute atomic E-state index is 0.00338. The molecule has 0 bridgehead atoms. The summed E-state index contributed by atoms with van der Waals surface area (Å²) in [7, 11) is 0. The summed E-state index contributed by atoms with van der Waals surface area (Å²) in [6, 6.07) is 12.9. The molecule has 0 aliphatic carbocycles. The van der Waals surface area contributed by atoms with Crippen LogP contribution in [0.3, 0.4) is 0 Å². The number of hydrogen-bond acceptors (Lipinski definition) is 4. The first kappa shape index (κ1) is 21.1. The number of fused-ring (bicyclic) bond motifs is 1. The van der Waals surface area contributed by atoms with Gasteiger partial charge in [-0.2, -0.15) is 0 Å². The zero-order valence-corrected chi connectivity index (χ0v) is 18.1. The Morgan fingerprint density at radius 1 is 1.03 bits per heavy atom. The summed E-state index contributed by atoms with van der Waals surface area (Å²) in [4.78, 5) is 39.3. The van der Waals surface area contributed by atoms with Gasteiger partial charge in [-0.05, 0) is 43.2 Å². The second-order valence-electron chi connectivity index (χ2n) is 8.57. The number of nitrogens with zero attached hydrogens (tertiary/aromatic N) is 1. The quantitative estimate of drug-likeness (QED) is 0.769. The molecule has 1 fully saturated rings. The van der Waals surface area contributed by atoms with Gasteiger partial charge in [0.15, 0.2) is 5.78 Å². The van der Waals surface area contributed by atoms with Crippen molar-refractivity contribution in [2.24, 2.45) is 0 Å². The Labute approximate surface area is 182 Å². The third-order valence-corrected chi connectivity index (χ3v) is 6.45. The number of Topliss-reactive ketones (excluding diaryl/α,β-unsaturated/α-hetero) is 1. The van der Waals surface area contributed by atoms with Crippen molar-refractivity contribution in [2.45, 2.75) is 45.1 Å². The largest absolute Gasteiger partial charge is 0.484 e. The van der Waals surface area contributed by atoms with Crippen LogP contribution in [0.15, 0.2) is 42.5 Å². The highest BCUT2D eigenvalue weighted by atomic mass is 16.5. The minimum Gasteiger partial charge on any atom is -0.484 e. The lowest BCUT2D eigenvalue weighted by atomic mass is 9.90. The topological polar surface area (TPSA) is 75.7 Å². The van der Waals surface area contributed by atoms with Crippen molar-refractivity contribution in [1.82, 2.24) is 10.2 Å². The summed E-state index contributed by atoms with van der Waals surface area (Å²) in [5.41, 5.74) is 2.93. The fourth-order valence-electron chi connectivity index (χ4n) is 4.23. The average molecular weight is 421 g/mol. The average Bonchev–Trinajstić information content (AvgIpc) is 2.91. The molecule has 6 nitrogen and oxygen atoms in total. The van der Waals surface area contributed by atoms with E-state index in [1.807, 2.05) is 50.2 Å². The lowest BCUT2D eigenvalue weighted by Gasteiger charge is -2.41. The molecular weight excluding hydrogens is 392 g/mol. The molecule has 2 aliphatic rings. The lowest BCUT2D eigenvalue weighted by Crippen LogP contribution is -2.54. The van der Waals surface area contributed by atoms with Crippen LogP contribution in [0.5, 0.6) is 5.75 Å². The van der Waals surface area contributed by atoms with Crippen LogP contribution in [0, 0.1) is 13.8 Å². The molecule has 1 spiro atoms. The van der Waals surface area contributed by atoms with Crippen LogP contribution >= 0.6 is 0 Å². The number of ether oxygens (including phenoxy) is 1. The standard InChI is InChI=1S/C25H28N2O4/c1-17-7-8-19(15-18(17)2)21(28)9-10-23(29)27-13-11-25(12-14-27)16-26-24(30)20-5-3-4-6-22(20)31-25/h3-8,15H,9-14,16H2,1-2H3,(H,26,30). The van der Waals surface area contributed by atoms with E-state index in [0.717, 1.165) is 11.1 Å². The fourth-order valence-corrected chi connectivity index (χ4v) is 4.23. The van der Waals surface area contributed by atoms with Crippen molar-refractivity contribution in [3.05, 3.63) is 64.7 Å². The van der Waals surface area contributed by atoms with Crippen LogP contribution in [-0.4, -0.2) is 47.7 Å². The molecule has 1 N–H and O–H groups in total. The molecule has 2 aromatic carbocycles. The summed E-state index contributed by atoms with van der Waals surface area (Å²) < 4.78 is 6.29. The molecule has 0 radical (unpaired) electrons. The molecule has 2 amide bonds. The number of hydrogen-bond donors (Lipinski definition) is 1. The Balaban J connectivity index is 1.33. The van der Waals surface area contributed by atoms with Crippen LogP contribution in [0.1, 0.15) is 57.5 Å². The monoisotopic (exact) mass is 420 g/mol. The number of nitrogens with one attached hydrogen (secondary N) is 1. The maximum Gasteiger partial charge on any atom is 0.255 e. The number of carbonyl (C=O) groups excluding carboxylic acids is 3. The molecule has 6 heteroatoms. The maximum atomic E-state index is 12.7. The zero-order chi connectivity index (χ0) is 22.0. The van der Waals surface area contributed by atoms with Gasteiger partial charge >= 0.3 is 0 Å². The molecule has 2 aromatic rings. The van der Waals surface area contributed by atoms with E-state index in [-0.39, 0.29) is 30.4 Å². The van der Waals surface area contributed by atoms with E-state index in [9.17, 15) is 14.4 Å². The minimum atomic E-state index is -0.506. The van der Waals surface area contributed by atoms with Crippen LogP contribution in [0.25, 0.3) is 0 Å². The van der Waals surface area contributed by atoms with Crippen molar-refractivity contribution in [1.29, 1.82) is 0 Å². The first-order chi connectivity index (χ1) is 14.9. The summed E-state index contributed by atoms with van der Waals surface area (Å²) in [6.07, 6.45) is 1.69. The number of amides is 2. The molecule has 0 unspecified atom stereocenters. The van der Waals surface area contributed by atoms with Gasteiger partial charge < -0.3 is 15.0 Å². The highest BCUT2D eigenvalue weighted by Crippen LogP contribution is 2.33. The van der Waals surface area contributed by atoms with Crippen LogP contribution in [0.2, 0.25) is 0 Å². The van der Waals surface area contributed by atoms with Gasteiger partial charge in [-0.15, -0.1) is 0 Å². The Bertz CT molecular complexity index is 1020. The van der Waals surface area contributed by atoms with Crippen molar-refractivity contribution in [2.75, 3.05) is 19.6 Å². The highest BCUT2D eigenvalue weighted by Gasteiger charge is 2.40. The van der Waals surface area contributed by atoms with Gasteiger partial charge in [0, 0.05) is 44.3 Å². The molecule has 0 aromatic heterocycles.